The molecule has 1 atom stereocenters. The van der Waals surface area contributed by atoms with E-state index in [4.69, 9.17) is 15.2 Å². The van der Waals surface area contributed by atoms with E-state index in [-0.39, 0.29) is 23.7 Å². The highest BCUT2D eigenvalue weighted by atomic mass is 32.2. The molecule has 0 fully saturated rings. The third-order valence-electron chi connectivity index (χ3n) is 6.57. The Labute approximate surface area is 239 Å². The largest absolute Gasteiger partial charge is 0.496 e. The normalized spacial score (nSPS) is 12.6. The summed E-state index contributed by atoms with van der Waals surface area (Å²) in [5.41, 5.74) is 8.01. The van der Waals surface area contributed by atoms with Crippen LogP contribution >= 0.6 is 0 Å². The maximum atomic E-state index is 13.4. The number of carbonyl (C=O) groups is 2. The predicted octanol–water partition coefficient (Wildman–Crippen LogP) is 5.10. The van der Waals surface area contributed by atoms with Crippen LogP contribution in [0.25, 0.3) is 0 Å². The van der Waals surface area contributed by atoms with E-state index in [0.717, 1.165) is 43.1 Å². The first-order valence-corrected chi connectivity index (χ1v) is 15.6. The summed E-state index contributed by atoms with van der Waals surface area (Å²) in [4.78, 5) is 25.2. The second-order valence-corrected chi connectivity index (χ2v) is 12.9. The van der Waals surface area contributed by atoms with Gasteiger partial charge in [-0.2, -0.15) is 0 Å². The van der Waals surface area contributed by atoms with Gasteiger partial charge < -0.3 is 20.5 Å². The molecule has 10 heteroatoms. The monoisotopic (exact) mass is 575 g/mol. The number of hydrogen-bond donors (Lipinski definition) is 3. The van der Waals surface area contributed by atoms with Gasteiger partial charge in [-0.15, -0.1) is 0 Å². The fourth-order valence-electron chi connectivity index (χ4n) is 4.53. The first kappa shape index (κ1) is 33.1. The van der Waals surface area contributed by atoms with Crippen LogP contribution in [0.2, 0.25) is 0 Å². The lowest BCUT2D eigenvalue weighted by Crippen LogP contribution is -2.24. The summed E-state index contributed by atoms with van der Waals surface area (Å²) in [6, 6.07) is 10.8. The van der Waals surface area contributed by atoms with Crippen LogP contribution in [0.1, 0.15) is 93.6 Å². The maximum absolute atomic E-state index is 13.4. The number of methoxy groups -OCH3 is 1. The number of anilines is 1. The van der Waals surface area contributed by atoms with E-state index >= 15 is 0 Å². The summed E-state index contributed by atoms with van der Waals surface area (Å²) >= 11 is 0. The topological polar surface area (TPSA) is 137 Å². The van der Waals surface area contributed by atoms with Crippen molar-refractivity contribution in [3.63, 3.8) is 0 Å². The minimum atomic E-state index is -3.23. The molecule has 222 valence electrons. The van der Waals surface area contributed by atoms with E-state index in [2.05, 4.69) is 17.0 Å². The molecule has 0 saturated heterocycles. The van der Waals surface area contributed by atoms with Crippen LogP contribution in [0.3, 0.4) is 0 Å². The molecule has 2 aromatic carbocycles. The van der Waals surface area contributed by atoms with Crippen molar-refractivity contribution in [3.8, 4) is 11.5 Å². The van der Waals surface area contributed by atoms with Crippen molar-refractivity contribution >= 4 is 27.5 Å². The SMILES string of the molecule is CCCCCC(CC(=O)Nc1cc(C(N)=O)ccc1C(C)(C)C)c1ccc(OCCCNS(C)(=O)=O)cc1OC. The van der Waals surface area contributed by atoms with Gasteiger partial charge in [0.1, 0.15) is 11.5 Å². The molecule has 0 aliphatic heterocycles. The van der Waals surface area contributed by atoms with Crippen LogP contribution in [-0.4, -0.2) is 46.7 Å². The Morgan fingerprint density at radius 2 is 1.77 bits per heavy atom. The quantitative estimate of drug-likeness (QED) is 0.238. The Balaban J connectivity index is 2.23. The highest BCUT2D eigenvalue weighted by Gasteiger charge is 2.24. The lowest BCUT2D eigenvalue weighted by atomic mass is 9.84. The van der Waals surface area contributed by atoms with Crippen molar-refractivity contribution in [1.29, 1.82) is 0 Å². The molecule has 0 spiro atoms. The standard InChI is InChI=1S/C30H45N3O6S/c1-7-8-9-11-21(19-28(34)33-26-18-22(29(31)35)12-15-25(26)30(2,3)4)24-14-13-23(20-27(24)38-5)39-17-10-16-32-40(6,36)37/h12-15,18,20-21,32H,7-11,16-17,19H2,1-6H3,(H2,31,35)(H,33,34). The fraction of sp³-hybridized carbons (Fsp3) is 0.533. The van der Waals surface area contributed by atoms with Gasteiger partial charge in [-0.3, -0.25) is 9.59 Å². The van der Waals surface area contributed by atoms with Gasteiger partial charge in [0.05, 0.1) is 20.0 Å². The van der Waals surface area contributed by atoms with Crippen LogP contribution < -0.4 is 25.2 Å². The Bertz CT molecular complexity index is 1250. The van der Waals surface area contributed by atoms with Gasteiger partial charge in [0, 0.05) is 30.3 Å². The van der Waals surface area contributed by atoms with Crippen LogP contribution in [0.15, 0.2) is 36.4 Å². The second kappa shape index (κ2) is 15.0. The minimum Gasteiger partial charge on any atom is -0.496 e. The number of rotatable bonds is 16. The van der Waals surface area contributed by atoms with Gasteiger partial charge in [0.2, 0.25) is 21.8 Å². The molecule has 0 saturated carbocycles. The summed E-state index contributed by atoms with van der Waals surface area (Å²) in [5, 5.41) is 3.04. The minimum absolute atomic E-state index is 0.0908. The summed E-state index contributed by atoms with van der Waals surface area (Å²) in [7, 11) is -1.64. The van der Waals surface area contributed by atoms with Gasteiger partial charge >= 0.3 is 0 Å². The number of carbonyl (C=O) groups excluding carboxylic acids is 2. The van der Waals surface area contributed by atoms with Gasteiger partial charge in [-0.25, -0.2) is 13.1 Å². The molecular formula is C30H45N3O6S. The zero-order chi connectivity index (χ0) is 29.9. The molecule has 2 aromatic rings. The number of nitrogens with one attached hydrogen (secondary N) is 2. The van der Waals surface area contributed by atoms with Crippen molar-refractivity contribution in [2.75, 3.05) is 31.8 Å². The number of benzene rings is 2. The number of ether oxygens (including phenoxy) is 2. The number of hydrogen-bond acceptors (Lipinski definition) is 6. The molecule has 0 bridgehead atoms. The van der Waals surface area contributed by atoms with E-state index in [9.17, 15) is 18.0 Å². The third kappa shape index (κ3) is 10.8. The Hall–Kier alpha value is -3.11. The van der Waals surface area contributed by atoms with Gasteiger partial charge in [0.15, 0.2) is 0 Å². The first-order valence-electron chi connectivity index (χ1n) is 13.7. The van der Waals surface area contributed by atoms with Crippen molar-refractivity contribution in [3.05, 3.63) is 53.1 Å². The molecule has 1 unspecified atom stereocenters. The molecule has 9 nitrogen and oxygen atoms in total. The van der Waals surface area contributed by atoms with Crippen LogP contribution in [0, 0.1) is 0 Å². The first-order chi connectivity index (χ1) is 18.7. The summed E-state index contributed by atoms with van der Waals surface area (Å²) in [6.07, 6.45) is 5.77. The lowest BCUT2D eigenvalue weighted by molar-refractivity contribution is -0.116. The molecule has 0 aromatic heterocycles. The molecule has 2 amide bonds. The molecular weight excluding hydrogens is 530 g/mol. The molecule has 0 heterocycles. The van der Waals surface area contributed by atoms with Gasteiger partial charge in [0.25, 0.3) is 0 Å². The van der Waals surface area contributed by atoms with Crippen molar-refractivity contribution in [1.82, 2.24) is 4.72 Å². The van der Waals surface area contributed by atoms with Crippen LogP contribution in [0.5, 0.6) is 11.5 Å². The molecule has 0 aliphatic carbocycles. The van der Waals surface area contributed by atoms with Crippen LogP contribution in [-0.2, 0) is 20.2 Å². The van der Waals surface area contributed by atoms with Gasteiger partial charge in [-0.1, -0.05) is 59.1 Å². The summed E-state index contributed by atoms with van der Waals surface area (Å²) in [5.74, 6) is 0.440. The number of primary amides is 1. The highest BCUT2D eigenvalue weighted by molar-refractivity contribution is 7.88. The van der Waals surface area contributed by atoms with Gasteiger partial charge in [-0.05, 0) is 53.5 Å². The third-order valence-corrected chi connectivity index (χ3v) is 7.30. The predicted molar refractivity (Wildman–Crippen MR) is 160 cm³/mol. The number of nitrogens with two attached hydrogens (primary N) is 1. The number of sulfonamides is 1. The van der Waals surface area contributed by atoms with E-state index in [0.29, 0.717) is 42.3 Å². The molecule has 0 radical (unpaired) electrons. The molecule has 4 N–H and O–H groups in total. The van der Waals surface area contributed by atoms with E-state index in [1.54, 1.807) is 25.3 Å². The lowest BCUT2D eigenvalue weighted by Gasteiger charge is -2.25. The summed E-state index contributed by atoms with van der Waals surface area (Å²) in [6.45, 7) is 8.92. The van der Waals surface area contributed by atoms with E-state index in [1.165, 1.54) is 0 Å². The smallest absolute Gasteiger partial charge is 0.248 e. The number of unbranched alkanes of at least 4 members (excludes halogenated alkanes) is 2. The fourth-order valence-corrected chi connectivity index (χ4v) is 5.04. The van der Waals surface area contributed by atoms with Crippen molar-refractivity contribution in [2.24, 2.45) is 5.73 Å². The van der Waals surface area contributed by atoms with E-state index < -0.39 is 15.9 Å². The maximum Gasteiger partial charge on any atom is 0.248 e. The molecule has 2 rings (SSSR count). The van der Waals surface area contributed by atoms with Crippen LogP contribution in [0.4, 0.5) is 5.69 Å². The van der Waals surface area contributed by atoms with Crippen molar-refractivity contribution < 1.29 is 27.5 Å². The second-order valence-electron chi connectivity index (χ2n) is 11.1. The average Bonchev–Trinajstić information content (AvgIpc) is 2.86. The molecule has 40 heavy (non-hydrogen) atoms. The average molecular weight is 576 g/mol. The Morgan fingerprint density at radius 3 is 2.38 bits per heavy atom. The summed E-state index contributed by atoms with van der Waals surface area (Å²) < 4.78 is 36.4. The Morgan fingerprint density at radius 1 is 1.05 bits per heavy atom. The highest BCUT2D eigenvalue weighted by Crippen LogP contribution is 2.37. The zero-order valence-electron chi connectivity index (χ0n) is 24.6. The van der Waals surface area contributed by atoms with E-state index in [1.807, 2.05) is 39.0 Å². The zero-order valence-corrected chi connectivity index (χ0v) is 25.4. The molecule has 0 aliphatic rings. The number of amides is 2. The van der Waals surface area contributed by atoms with Crippen molar-refractivity contribution in [2.45, 2.75) is 77.6 Å². The Kier molecular flexibility index (Phi) is 12.4.